The molecule has 1 heterocycles. The van der Waals surface area contributed by atoms with E-state index in [4.69, 9.17) is 0 Å². The fraction of sp³-hybridized carbons (Fsp3) is 0.250. The smallest absolute Gasteiger partial charge is 0.179 e. The molecular weight excluding hydrogens is 190 g/mol. The quantitative estimate of drug-likeness (QED) is 0.657. The molecule has 0 aromatic carbocycles. The fourth-order valence-corrected chi connectivity index (χ4v) is 1.83. The number of pyridine rings is 1. The summed E-state index contributed by atoms with van der Waals surface area (Å²) in [6.07, 6.45) is 2.45. The predicted octanol–water partition coefficient (Wildman–Crippen LogP) is 0.688. The maximum absolute atomic E-state index is 11.2. The van der Waals surface area contributed by atoms with Gasteiger partial charge in [0.15, 0.2) is 15.6 Å². The molecular formula is C8H9NO3S. The zero-order valence-corrected chi connectivity index (χ0v) is 8.13. The molecule has 0 aliphatic rings. The number of carbonyl (C=O) groups excluding carboxylic acids is 1. The van der Waals surface area contributed by atoms with Crippen molar-refractivity contribution in [3.05, 3.63) is 24.0 Å². The van der Waals surface area contributed by atoms with Gasteiger partial charge in [0.05, 0.1) is 4.90 Å². The zero-order chi connectivity index (χ0) is 10.1. The second-order valence-corrected chi connectivity index (χ2v) is 4.66. The van der Waals surface area contributed by atoms with Gasteiger partial charge in [-0.15, -0.1) is 0 Å². The Morgan fingerprint density at radius 2 is 2.08 bits per heavy atom. The van der Waals surface area contributed by atoms with Gasteiger partial charge in [0.1, 0.15) is 5.69 Å². The van der Waals surface area contributed by atoms with E-state index in [1.54, 1.807) is 0 Å². The molecule has 0 amide bonds. The van der Waals surface area contributed by atoms with Gasteiger partial charge in [0.25, 0.3) is 0 Å². The Hall–Kier alpha value is -1.23. The van der Waals surface area contributed by atoms with Crippen LogP contribution in [0.3, 0.4) is 0 Å². The van der Waals surface area contributed by atoms with Gasteiger partial charge in [0, 0.05) is 19.4 Å². The lowest BCUT2D eigenvalue weighted by Crippen LogP contribution is -2.07. The van der Waals surface area contributed by atoms with E-state index >= 15 is 0 Å². The molecule has 0 saturated carbocycles. The van der Waals surface area contributed by atoms with Gasteiger partial charge in [-0.1, -0.05) is 0 Å². The number of Topliss-reactive ketones (excluding diaryl/α,β-unsaturated/α-hetero) is 1. The van der Waals surface area contributed by atoms with Crippen molar-refractivity contribution in [2.24, 2.45) is 0 Å². The van der Waals surface area contributed by atoms with Crippen LogP contribution in [0.5, 0.6) is 0 Å². The van der Waals surface area contributed by atoms with Crippen LogP contribution in [-0.2, 0) is 9.84 Å². The number of sulfone groups is 1. The summed E-state index contributed by atoms with van der Waals surface area (Å²) in [6.45, 7) is 1.29. The summed E-state index contributed by atoms with van der Waals surface area (Å²) in [4.78, 5) is 14.7. The Balaban J connectivity index is 3.46. The van der Waals surface area contributed by atoms with Gasteiger partial charge in [-0.25, -0.2) is 8.42 Å². The number of hydrogen-bond donors (Lipinski definition) is 0. The molecule has 0 bridgehead atoms. The third kappa shape index (κ3) is 2.12. The van der Waals surface area contributed by atoms with Gasteiger partial charge < -0.3 is 0 Å². The Morgan fingerprint density at radius 1 is 1.46 bits per heavy atom. The molecule has 0 atom stereocenters. The molecule has 1 rings (SSSR count). The number of ketones is 1. The minimum Gasteiger partial charge on any atom is -0.293 e. The highest BCUT2D eigenvalue weighted by Crippen LogP contribution is 2.12. The average Bonchev–Trinajstić information content (AvgIpc) is 2.03. The summed E-state index contributed by atoms with van der Waals surface area (Å²) in [7, 11) is -3.36. The van der Waals surface area contributed by atoms with Crippen LogP contribution in [-0.4, -0.2) is 25.4 Å². The van der Waals surface area contributed by atoms with E-state index in [1.807, 2.05) is 0 Å². The molecule has 4 nitrogen and oxygen atoms in total. The van der Waals surface area contributed by atoms with Crippen molar-refractivity contribution in [1.29, 1.82) is 0 Å². The molecule has 0 radical (unpaired) electrons. The van der Waals surface area contributed by atoms with Crippen molar-refractivity contribution >= 4 is 15.6 Å². The molecule has 0 spiro atoms. The summed E-state index contributed by atoms with van der Waals surface area (Å²) < 4.78 is 22.3. The summed E-state index contributed by atoms with van der Waals surface area (Å²) in [6, 6.07) is 2.86. The van der Waals surface area contributed by atoms with Crippen LogP contribution in [0.15, 0.2) is 23.2 Å². The Kier molecular flexibility index (Phi) is 2.47. The SMILES string of the molecule is CC(=O)c1ncccc1S(C)(=O)=O. The van der Waals surface area contributed by atoms with Gasteiger partial charge >= 0.3 is 0 Å². The van der Waals surface area contributed by atoms with Crippen LogP contribution in [0.4, 0.5) is 0 Å². The highest BCUT2D eigenvalue weighted by atomic mass is 32.2. The van der Waals surface area contributed by atoms with Crippen LogP contribution < -0.4 is 0 Å². The zero-order valence-electron chi connectivity index (χ0n) is 7.31. The molecule has 0 fully saturated rings. The first-order chi connectivity index (χ1) is 5.93. The van der Waals surface area contributed by atoms with Crippen LogP contribution in [0.25, 0.3) is 0 Å². The van der Waals surface area contributed by atoms with E-state index in [9.17, 15) is 13.2 Å². The lowest BCUT2D eigenvalue weighted by Gasteiger charge is -2.01. The van der Waals surface area contributed by atoms with Crippen molar-refractivity contribution in [2.75, 3.05) is 6.26 Å². The average molecular weight is 199 g/mol. The number of rotatable bonds is 2. The molecule has 13 heavy (non-hydrogen) atoms. The highest BCUT2D eigenvalue weighted by Gasteiger charge is 2.16. The molecule has 0 aliphatic carbocycles. The van der Waals surface area contributed by atoms with Gasteiger partial charge in [0.2, 0.25) is 0 Å². The van der Waals surface area contributed by atoms with Crippen molar-refractivity contribution in [2.45, 2.75) is 11.8 Å². The van der Waals surface area contributed by atoms with E-state index in [-0.39, 0.29) is 16.4 Å². The fourth-order valence-electron chi connectivity index (χ4n) is 0.954. The first kappa shape index (κ1) is 9.85. The number of carbonyl (C=O) groups is 1. The summed E-state index contributed by atoms with van der Waals surface area (Å²) in [5.74, 6) is -0.346. The van der Waals surface area contributed by atoms with Crippen molar-refractivity contribution in [1.82, 2.24) is 4.98 Å². The van der Waals surface area contributed by atoms with Gasteiger partial charge in [-0.05, 0) is 12.1 Å². The molecule has 70 valence electrons. The van der Waals surface area contributed by atoms with Crippen molar-refractivity contribution < 1.29 is 13.2 Å². The Morgan fingerprint density at radius 3 is 2.46 bits per heavy atom. The van der Waals surface area contributed by atoms with E-state index in [2.05, 4.69) is 4.98 Å². The molecule has 5 heteroatoms. The van der Waals surface area contributed by atoms with E-state index in [0.717, 1.165) is 6.26 Å². The standard InChI is InChI=1S/C8H9NO3S/c1-6(10)8-7(13(2,11)12)4-3-5-9-8/h3-5H,1-2H3. The summed E-state index contributed by atoms with van der Waals surface area (Å²) in [5, 5.41) is 0. The molecule has 0 saturated heterocycles. The Labute approximate surface area is 76.5 Å². The van der Waals surface area contributed by atoms with Crippen LogP contribution >= 0.6 is 0 Å². The number of aromatic nitrogens is 1. The summed E-state index contributed by atoms with van der Waals surface area (Å²) >= 11 is 0. The topological polar surface area (TPSA) is 64.1 Å². The predicted molar refractivity (Wildman–Crippen MR) is 47.4 cm³/mol. The third-order valence-corrected chi connectivity index (χ3v) is 2.63. The van der Waals surface area contributed by atoms with Gasteiger partial charge in [-0.2, -0.15) is 0 Å². The largest absolute Gasteiger partial charge is 0.293 e. The highest BCUT2D eigenvalue weighted by molar-refractivity contribution is 7.90. The molecule has 0 aliphatic heterocycles. The van der Waals surface area contributed by atoms with E-state index in [0.29, 0.717) is 0 Å². The lowest BCUT2D eigenvalue weighted by atomic mass is 10.3. The minimum absolute atomic E-state index is 0.00463. The maximum atomic E-state index is 11.2. The lowest BCUT2D eigenvalue weighted by molar-refractivity contribution is 0.100. The second-order valence-electron chi connectivity index (χ2n) is 2.68. The maximum Gasteiger partial charge on any atom is 0.179 e. The molecule has 1 aromatic heterocycles. The molecule has 0 N–H and O–H groups in total. The monoisotopic (exact) mass is 199 g/mol. The first-order valence-corrected chi connectivity index (χ1v) is 5.48. The third-order valence-electron chi connectivity index (χ3n) is 1.50. The van der Waals surface area contributed by atoms with Crippen molar-refractivity contribution in [3.63, 3.8) is 0 Å². The molecule has 1 aromatic rings. The van der Waals surface area contributed by atoms with Crippen LogP contribution in [0.2, 0.25) is 0 Å². The number of hydrogen-bond acceptors (Lipinski definition) is 4. The minimum atomic E-state index is -3.36. The normalized spacial score (nSPS) is 11.2. The van der Waals surface area contributed by atoms with Crippen molar-refractivity contribution in [3.8, 4) is 0 Å². The number of nitrogens with zero attached hydrogens (tertiary/aromatic N) is 1. The van der Waals surface area contributed by atoms with Gasteiger partial charge in [-0.3, -0.25) is 9.78 Å². The first-order valence-electron chi connectivity index (χ1n) is 3.59. The second kappa shape index (κ2) is 3.26. The summed E-state index contributed by atoms with van der Waals surface area (Å²) in [5.41, 5.74) is 0.00463. The van der Waals surface area contributed by atoms with E-state index < -0.39 is 9.84 Å². The Bertz CT molecular complexity index is 436. The van der Waals surface area contributed by atoms with Crippen LogP contribution in [0.1, 0.15) is 17.4 Å². The van der Waals surface area contributed by atoms with E-state index in [1.165, 1.54) is 25.3 Å². The molecule has 0 unspecified atom stereocenters. The van der Waals surface area contributed by atoms with Crippen LogP contribution in [0, 0.1) is 0 Å².